The second kappa shape index (κ2) is 15.1. The van der Waals surface area contributed by atoms with Crippen molar-refractivity contribution in [3.8, 4) is 5.75 Å². The Bertz CT molecular complexity index is 2020. The number of nitrogens with one attached hydrogen (secondary N) is 2. The summed E-state index contributed by atoms with van der Waals surface area (Å²) in [6, 6.07) is 12.9. The van der Waals surface area contributed by atoms with Gasteiger partial charge in [0, 0.05) is 62.0 Å². The quantitative estimate of drug-likeness (QED) is 0.157. The molecule has 8 rings (SSSR count). The van der Waals surface area contributed by atoms with E-state index in [-0.39, 0.29) is 23.6 Å². The van der Waals surface area contributed by atoms with Crippen LogP contribution in [0.15, 0.2) is 71.8 Å². The zero-order valence-electron chi connectivity index (χ0n) is 32.0. The van der Waals surface area contributed by atoms with Gasteiger partial charge in [0.05, 0.1) is 31.2 Å². The summed E-state index contributed by atoms with van der Waals surface area (Å²) in [5.74, 6) is 1.98. The zero-order valence-corrected chi connectivity index (χ0v) is 32.0. The summed E-state index contributed by atoms with van der Waals surface area (Å²) < 4.78 is 10.6. The van der Waals surface area contributed by atoms with Crippen molar-refractivity contribution < 1.29 is 9.53 Å². The van der Waals surface area contributed by atoms with Gasteiger partial charge in [-0.1, -0.05) is 45.0 Å². The largest absolute Gasteiger partial charge is 0.484 e. The van der Waals surface area contributed by atoms with E-state index in [4.69, 9.17) is 15.5 Å². The number of anilines is 1. The van der Waals surface area contributed by atoms with Gasteiger partial charge >= 0.3 is 6.03 Å². The first-order valence-electron chi connectivity index (χ1n) is 19.5. The number of carbonyl (C=O) groups is 1. The number of urea groups is 1. The van der Waals surface area contributed by atoms with Crippen LogP contribution in [0.4, 0.5) is 16.4 Å². The third-order valence-electron chi connectivity index (χ3n) is 11.5. The van der Waals surface area contributed by atoms with Gasteiger partial charge in [0.15, 0.2) is 5.65 Å². The third kappa shape index (κ3) is 7.81. The minimum Gasteiger partial charge on any atom is -0.484 e. The number of piperidine rings is 1. The van der Waals surface area contributed by atoms with Crippen LogP contribution in [0.25, 0.3) is 5.65 Å². The van der Waals surface area contributed by atoms with Gasteiger partial charge in [-0.3, -0.25) is 19.3 Å². The average Bonchev–Trinajstić information content (AvgIpc) is 3.96. The van der Waals surface area contributed by atoms with Crippen LogP contribution in [-0.2, 0) is 6.54 Å². The van der Waals surface area contributed by atoms with E-state index in [1.54, 1.807) is 12.3 Å². The Kier molecular flexibility index (Phi) is 10.1. The highest BCUT2D eigenvalue weighted by Crippen LogP contribution is 2.39. The first-order valence-corrected chi connectivity index (χ1v) is 19.5. The smallest absolute Gasteiger partial charge is 0.320 e. The number of benzene rings is 1. The van der Waals surface area contributed by atoms with Crippen molar-refractivity contribution in [3.05, 3.63) is 77.9 Å². The van der Waals surface area contributed by atoms with Crippen LogP contribution in [0.3, 0.4) is 0 Å². The van der Waals surface area contributed by atoms with Crippen molar-refractivity contribution in [1.82, 2.24) is 44.8 Å². The molecular weight excluding hydrogens is 681 g/mol. The normalized spacial score (nSPS) is 23.9. The van der Waals surface area contributed by atoms with Gasteiger partial charge in [-0.25, -0.2) is 9.79 Å². The number of ether oxygens (including phenoxy) is 1. The number of piperazine rings is 1. The number of rotatable bonds is 9. The Hall–Kier alpha value is -4.95. The van der Waals surface area contributed by atoms with E-state index in [1.165, 1.54) is 12.8 Å². The Morgan fingerprint density at radius 3 is 2.57 bits per heavy atom. The van der Waals surface area contributed by atoms with Crippen molar-refractivity contribution in [2.75, 3.05) is 44.7 Å². The number of carbonyl (C=O) groups excluding carboxylic acids is 1. The molecule has 0 radical (unpaired) electrons. The second-order valence-corrected chi connectivity index (χ2v) is 16.4. The van der Waals surface area contributed by atoms with Gasteiger partial charge in [0.25, 0.3) is 0 Å². The van der Waals surface area contributed by atoms with Gasteiger partial charge < -0.3 is 25.6 Å². The zero-order chi connectivity index (χ0) is 37.4. The molecular formula is C40H54N12O2. The van der Waals surface area contributed by atoms with Crippen molar-refractivity contribution in [2.24, 2.45) is 16.1 Å². The molecule has 14 nitrogen and oxygen atoms in total. The van der Waals surface area contributed by atoms with Crippen LogP contribution in [0, 0.1) is 5.41 Å². The number of hydrogen-bond acceptors (Lipinski definition) is 10. The summed E-state index contributed by atoms with van der Waals surface area (Å²) in [5, 5.41) is 19.7. The van der Waals surface area contributed by atoms with Gasteiger partial charge in [0.2, 0.25) is 5.95 Å². The van der Waals surface area contributed by atoms with Gasteiger partial charge in [0.1, 0.15) is 23.4 Å². The molecule has 0 saturated carbocycles. The highest BCUT2D eigenvalue weighted by Gasteiger charge is 2.41. The maximum absolute atomic E-state index is 13.7. The first kappa shape index (κ1) is 36.0. The molecule has 14 heteroatoms. The molecule has 4 aliphatic rings. The molecule has 3 saturated heterocycles. The summed E-state index contributed by atoms with van der Waals surface area (Å²) in [4.78, 5) is 25.8. The van der Waals surface area contributed by atoms with Crippen LogP contribution in [0.1, 0.15) is 82.6 Å². The van der Waals surface area contributed by atoms with Crippen molar-refractivity contribution in [1.29, 1.82) is 0 Å². The SMILES string of the molecule is CN1CC2CC1CN2CCn1cc(N=C(C=C(N)C(C)(C)C)NC(=O)NC2CCC(Oc3ccc4nnc(N5CCCCC5)n4c3)c3ccccc32)cn1. The number of fused-ring (bicyclic) bond motifs is 4. The summed E-state index contributed by atoms with van der Waals surface area (Å²) in [6.07, 6.45) is 13.5. The lowest BCUT2D eigenvalue weighted by Gasteiger charge is -2.32. The molecule has 1 aromatic carbocycles. The third-order valence-corrected chi connectivity index (χ3v) is 11.5. The maximum Gasteiger partial charge on any atom is 0.320 e. The molecule has 6 heterocycles. The number of likely N-dealkylation sites (tertiary alicyclic amines) is 2. The Balaban J connectivity index is 0.942. The fourth-order valence-corrected chi connectivity index (χ4v) is 8.32. The van der Waals surface area contributed by atoms with E-state index >= 15 is 0 Å². The lowest BCUT2D eigenvalue weighted by molar-refractivity contribution is 0.144. The number of nitrogens with two attached hydrogens (primary N) is 1. The molecule has 286 valence electrons. The van der Waals surface area contributed by atoms with E-state index in [1.807, 2.05) is 66.5 Å². The van der Waals surface area contributed by atoms with E-state index in [0.29, 0.717) is 35.7 Å². The molecule has 3 fully saturated rings. The Morgan fingerprint density at radius 1 is 1.00 bits per heavy atom. The molecule has 1 aliphatic carbocycles. The lowest BCUT2D eigenvalue weighted by Crippen LogP contribution is -2.45. The van der Waals surface area contributed by atoms with Gasteiger partial charge in [-0.15, -0.1) is 10.2 Å². The molecule has 3 aliphatic heterocycles. The van der Waals surface area contributed by atoms with Crippen LogP contribution in [0.5, 0.6) is 5.75 Å². The van der Waals surface area contributed by atoms with Crippen LogP contribution in [0.2, 0.25) is 0 Å². The number of amides is 2. The molecule has 0 spiro atoms. The monoisotopic (exact) mass is 734 g/mol. The van der Waals surface area contributed by atoms with Crippen molar-refractivity contribution >= 4 is 29.1 Å². The number of amidine groups is 1. The molecule has 54 heavy (non-hydrogen) atoms. The number of aromatic nitrogens is 5. The van der Waals surface area contributed by atoms with Crippen LogP contribution in [-0.4, -0.2) is 97.9 Å². The second-order valence-electron chi connectivity index (χ2n) is 16.4. The summed E-state index contributed by atoms with van der Waals surface area (Å²) >= 11 is 0. The maximum atomic E-state index is 13.7. The predicted octanol–water partition coefficient (Wildman–Crippen LogP) is 5.18. The Morgan fingerprint density at radius 2 is 1.81 bits per heavy atom. The number of nitrogens with zero attached hydrogens (tertiary/aromatic N) is 9. The average molecular weight is 735 g/mol. The molecule has 3 aromatic heterocycles. The summed E-state index contributed by atoms with van der Waals surface area (Å²) in [7, 11) is 2.22. The number of likely N-dealkylation sites (N-methyl/N-ethyl adjacent to an activating group) is 1. The van der Waals surface area contributed by atoms with E-state index < -0.39 is 0 Å². The fraction of sp³-hybridized carbons (Fsp3) is 0.525. The van der Waals surface area contributed by atoms with Gasteiger partial charge in [-0.2, -0.15) is 5.10 Å². The van der Waals surface area contributed by atoms with E-state index in [2.05, 4.69) is 59.8 Å². The molecule has 2 bridgehead atoms. The van der Waals surface area contributed by atoms with E-state index in [9.17, 15) is 4.79 Å². The number of allylic oxidation sites excluding steroid dienone is 1. The van der Waals surface area contributed by atoms with E-state index in [0.717, 1.165) is 87.0 Å². The molecule has 4 unspecified atom stereocenters. The highest BCUT2D eigenvalue weighted by atomic mass is 16.5. The first-order chi connectivity index (χ1) is 26.1. The molecule has 4 N–H and O–H groups in total. The molecule has 4 aromatic rings. The minimum atomic E-state index is -0.351. The molecule has 4 atom stereocenters. The van der Waals surface area contributed by atoms with Crippen LogP contribution >= 0.6 is 0 Å². The van der Waals surface area contributed by atoms with Crippen molar-refractivity contribution in [3.63, 3.8) is 0 Å². The fourth-order valence-electron chi connectivity index (χ4n) is 8.32. The highest BCUT2D eigenvalue weighted by molar-refractivity contribution is 6.05. The number of pyridine rings is 1. The standard InChI is InChI=1S/C40H54N12O2/c1-40(2,3)35(41)21-36(43-27-22-42-51(23-27)19-18-50-25-28-20-29(50)24-48(28)4)45-38(53)44-33-13-14-34(32-11-7-6-10-31(32)33)54-30-12-15-37-46-47-39(52(37)26-30)49-16-8-5-9-17-49/h6-7,10-12,15,21-23,26,28-29,33-34H,5,8-9,13-14,16-20,24-25,41H2,1-4H3,(H2,43,44,45,53). The minimum absolute atomic E-state index is 0.167. The van der Waals surface area contributed by atoms with Crippen molar-refractivity contribution in [2.45, 2.75) is 90.1 Å². The lowest BCUT2D eigenvalue weighted by atomic mass is 9.85. The number of aliphatic imine (C=N–C) groups is 1. The topological polar surface area (TPSA) is 146 Å². The molecule has 2 amide bonds. The predicted molar refractivity (Wildman–Crippen MR) is 210 cm³/mol. The summed E-state index contributed by atoms with van der Waals surface area (Å²) in [6.45, 7) is 12.1. The Labute approximate surface area is 317 Å². The van der Waals surface area contributed by atoms with Crippen LogP contribution < -0.4 is 26.0 Å². The summed E-state index contributed by atoms with van der Waals surface area (Å²) in [5.41, 5.74) is 10.3. The van der Waals surface area contributed by atoms with Gasteiger partial charge in [-0.05, 0) is 68.8 Å². The number of hydrogen-bond donors (Lipinski definition) is 3.